The maximum Gasteiger partial charge on any atom is 0.342 e. The van der Waals surface area contributed by atoms with Crippen LogP contribution in [-0.4, -0.2) is 18.5 Å². The van der Waals surface area contributed by atoms with Gasteiger partial charge in [0.1, 0.15) is 17.1 Å². The summed E-state index contributed by atoms with van der Waals surface area (Å²) in [6, 6.07) is 5.65. The van der Waals surface area contributed by atoms with Crippen LogP contribution in [0.3, 0.4) is 0 Å². The number of amides is 1. The molecule has 0 radical (unpaired) electrons. The van der Waals surface area contributed by atoms with Gasteiger partial charge in [0.05, 0.1) is 12.0 Å². The molecule has 1 N–H and O–H groups in total. The minimum Gasteiger partial charge on any atom is -0.469 e. The highest BCUT2D eigenvalue weighted by Gasteiger charge is 2.15. The number of aryl methyl sites for hydroxylation is 1. The van der Waals surface area contributed by atoms with Crippen LogP contribution >= 0.6 is 15.9 Å². The molecule has 0 spiro atoms. The molecule has 21 heavy (non-hydrogen) atoms. The van der Waals surface area contributed by atoms with E-state index in [1.54, 1.807) is 13.0 Å². The van der Waals surface area contributed by atoms with Crippen molar-refractivity contribution in [2.75, 3.05) is 11.9 Å². The van der Waals surface area contributed by atoms with E-state index in [1.165, 1.54) is 24.5 Å². The van der Waals surface area contributed by atoms with Crippen molar-refractivity contribution in [1.29, 1.82) is 0 Å². The van der Waals surface area contributed by atoms with Crippen molar-refractivity contribution in [1.82, 2.24) is 0 Å². The zero-order valence-electron chi connectivity index (χ0n) is 11.0. The second kappa shape index (κ2) is 6.53. The average molecular weight is 356 g/mol. The minimum absolute atomic E-state index is 0.0127. The van der Waals surface area contributed by atoms with Gasteiger partial charge in [-0.05, 0) is 31.2 Å². The fourth-order valence-electron chi connectivity index (χ4n) is 1.58. The summed E-state index contributed by atoms with van der Waals surface area (Å²) in [6.07, 6.45) is 1.35. The third-order valence-electron chi connectivity index (χ3n) is 2.62. The molecule has 110 valence electrons. The number of carbonyl (C=O) groups excluding carboxylic acids is 2. The van der Waals surface area contributed by atoms with Crippen molar-refractivity contribution in [3.63, 3.8) is 0 Å². The Morgan fingerprint density at radius 1 is 1.38 bits per heavy atom. The first-order valence-electron chi connectivity index (χ1n) is 5.93. The summed E-state index contributed by atoms with van der Waals surface area (Å²) in [5, 5.41) is 2.32. The van der Waals surface area contributed by atoms with Gasteiger partial charge in [0, 0.05) is 4.47 Å². The molecular weight excluding hydrogens is 345 g/mol. The predicted molar refractivity (Wildman–Crippen MR) is 76.5 cm³/mol. The molecule has 0 unspecified atom stereocenters. The highest BCUT2D eigenvalue weighted by atomic mass is 79.9. The molecule has 0 saturated carbocycles. The lowest BCUT2D eigenvalue weighted by molar-refractivity contribution is -0.119. The van der Waals surface area contributed by atoms with Crippen LogP contribution in [0, 0.1) is 12.7 Å². The Balaban J connectivity index is 1.90. The molecule has 7 heteroatoms. The number of ether oxygens (including phenoxy) is 1. The van der Waals surface area contributed by atoms with Gasteiger partial charge in [0.15, 0.2) is 6.61 Å². The first-order chi connectivity index (χ1) is 9.97. The van der Waals surface area contributed by atoms with Gasteiger partial charge in [-0.1, -0.05) is 15.9 Å². The number of halogens is 2. The maximum atomic E-state index is 13.5. The molecule has 0 aliphatic rings. The number of anilines is 1. The molecule has 0 saturated heterocycles. The van der Waals surface area contributed by atoms with Crippen LogP contribution in [0.2, 0.25) is 0 Å². The summed E-state index contributed by atoms with van der Waals surface area (Å²) in [6.45, 7) is 1.09. The largest absolute Gasteiger partial charge is 0.469 e. The summed E-state index contributed by atoms with van der Waals surface area (Å²) in [5.41, 5.74) is 0.261. The Morgan fingerprint density at radius 2 is 2.14 bits per heavy atom. The Kier molecular flexibility index (Phi) is 4.74. The number of hydrogen-bond acceptors (Lipinski definition) is 4. The predicted octanol–water partition coefficient (Wildman–Crippen LogP) is 3.29. The molecule has 1 amide bonds. The van der Waals surface area contributed by atoms with Crippen LogP contribution < -0.4 is 5.32 Å². The van der Waals surface area contributed by atoms with E-state index in [1.807, 2.05) is 0 Å². The van der Waals surface area contributed by atoms with E-state index in [-0.39, 0.29) is 11.3 Å². The lowest BCUT2D eigenvalue weighted by Crippen LogP contribution is -2.21. The first-order valence-corrected chi connectivity index (χ1v) is 6.73. The lowest BCUT2D eigenvalue weighted by atomic mass is 10.3. The second-order valence-electron chi connectivity index (χ2n) is 4.14. The van der Waals surface area contributed by atoms with Crippen LogP contribution in [0.15, 0.2) is 39.4 Å². The van der Waals surface area contributed by atoms with E-state index in [2.05, 4.69) is 21.2 Å². The molecule has 0 fully saturated rings. The fraction of sp³-hybridized carbons (Fsp3) is 0.143. The van der Waals surface area contributed by atoms with Gasteiger partial charge in [-0.3, -0.25) is 4.79 Å². The molecule has 1 aromatic carbocycles. The average Bonchev–Trinajstić information content (AvgIpc) is 2.85. The summed E-state index contributed by atoms with van der Waals surface area (Å²) in [5.74, 6) is -1.49. The van der Waals surface area contributed by atoms with Gasteiger partial charge in [-0.2, -0.15) is 0 Å². The number of hydrogen-bond donors (Lipinski definition) is 1. The number of benzene rings is 1. The van der Waals surface area contributed by atoms with Crippen LogP contribution in [0.4, 0.5) is 10.1 Å². The summed E-state index contributed by atoms with van der Waals surface area (Å²) in [7, 11) is 0. The van der Waals surface area contributed by atoms with E-state index >= 15 is 0 Å². The molecule has 2 rings (SSSR count). The number of furan rings is 1. The van der Waals surface area contributed by atoms with Gasteiger partial charge in [0.2, 0.25) is 0 Å². The lowest BCUT2D eigenvalue weighted by Gasteiger charge is -2.07. The van der Waals surface area contributed by atoms with Crippen molar-refractivity contribution in [3.8, 4) is 0 Å². The third-order valence-corrected chi connectivity index (χ3v) is 3.11. The van der Waals surface area contributed by atoms with Crippen LogP contribution in [-0.2, 0) is 9.53 Å². The van der Waals surface area contributed by atoms with Crippen molar-refractivity contribution in [2.45, 2.75) is 6.92 Å². The van der Waals surface area contributed by atoms with Crippen molar-refractivity contribution >= 4 is 33.5 Å². The fourth-order valence-corrected chi connectivity index (χ4v) is 1.92. The normalized spacial score (nSPS) is 10.2. The third kappa shape index (κ3) is 3.91. The van der Waals surface area contributed by atoms with E-state index in [0.717, 1.165) is 0 Å². The number of carbonyl (C=O) groups is 2. The standard InChI is InChI=1S/C14H11BrFNO4/c1-8-10(4-5-20-8)14(19)21-7-13(18)17-12-3-2-9(15)6-11(12)16/h2-6H,7H2,1H3,(H,17,18). The minimum atomic E-state index is -0.673. The second-order valence-corrected chi connectivity index (χ2v) is 5.05. The van der Waals surface area contributed by atoms with Gasteiger partial charge >= 0.3 is 5.97 Å². The zero-order chi connectivity index (χ0) is 15.4. The number of nitrogens with one attached hydrogen (secondary N) is 1. The van der Waals surface area contributed by atoms with E-state index in [9.17, 15) is 14.0 Å². The Hall–Kier alpha value is -2.15. The molecule has 2 aromatic rings. The zero-order valence-corrected chi connectivity index (χ0v) is 12.6. The van der Waals surface area contributed by atoms with Crippen molar-refractivity contribution in [3.05, 3.63) is 52.1 Å². The molecule has 5 nitrogen and oxygen atoms in total. The molecule has 0 aliphatic heterocycles. The molecule has 0 atom stereocenters. The first kappa shape index (κ1) is 15.2. The highest BCUT2D eigenvalue weighted by Crippen LogP contribution is 2.19. The quantitative estimate of drug-likeness (QED) is 0.854. The van der Waals surface area contributed by atoms with Gasteiger partial charge in [-0.25, -0.2) is 9.18 Å². The molecule has 1 aromatic heterocycles. The Labute approximate surface area is 128 Å². The summed E-state index contributed by atoms with van der Waals surface area (Å²) >= 11 is 3.11. The molecular formula is C14H11BrFNO4. The van der Waals surface area contributed by atoms with Crippen LogP contribution in [0.5, 0.6) is 0 Å². The molecule has 0 bridgehead atoms. The summed E-state index contributed by atoms with van der Waals surface area (Å²) in [4.78, 5) is 23.3. The SMILES string of the molecule is Cc1occc1C(=O)OCC(=O)Nc1ccc(Br)cc1F. The summed E-state index contributed by atoms with van der Waals surface area (Å²) < 4.78 is 23.9. The Morgan fingerprint density at radius 3 is 2.76 bits per heavy atom. The smallest absolute Gasteiger partial charge is 0.342 e. The van der Waals surface area contributed by atoms with Gasteiger partial charge in [-0.15, -0.1) is 0 Å². The number of esters is 1. The van der Waals surface area contributed by atoms with Crippen LogP contribution in [0.25, 0.3) is 0 Å². The molecule has 0 aliphatic carbocycles. The Bertz CT molecular complexity index is 683. The van der Waals surface area contributed by atoms with E-state index < -0.39 is 24.3 Å². The van der Waals surface area contributed by atoms with Gasteiger partial charge in [0.25, 0.3) is 5.91 Å². The molecule has 1 heterocycles. The van der Waals surface area contributed by atoms with Crippen LogP contribution in [0.1, 0.15) is 16.1 Å². The van der Waals surface area contributed by atoms with E-state index in [0.29, 0.717) is 10.2 Å². The van der Waals surface area contributed by atoms with E-state index in [4.69, 9.17) is 9.15 Å². The van der Waals surface area contributed by atoms with Crippen molar-refractivity contribution in [2.24, 2.45) is 0 Å². The monoisotopic (exact) mass is 355 g/mol. The van der Waals surface area contributed by atoms with Gasteiger partial charge < -0.3 is 14.5 Å². The van der Waals surface area contributed by atoms with Crippen molar-refractivity contribution < 1.29 is 23.1 Å². The number of rotatable bonds is 4. The maximum absolute atomic E-state index is 13.5. The highest BCUT2D eigenvalue weighted by molar-refractivity contribution is 9.10. The topological polar surface area (TPSA) is 68.5 Å².